The van der Waals surface area contributed by atoms with E-state index in [4.69, 9.17) is 5.73 Å². The summed E-state index contributed by atoms with van der Waals surface area (Å²) in [6.45, 7) is 0.501. The van der Waals surface area contributed by atoms with Gasteiger partial charge in [-0.3, -0.25) is 4.79 Å². The Bertz CT molecular complexity index is 378. The Balaban J connectivity index is 2.27. The van der Waals surface area contributed by atoms with Crippen LogP contribution in [0.5, 0.6) is 0 Å². The molecule has 4 heteroatoms. The van der Waals surface area contributed by atoms with Gasteiger partial charge in [-0.1, -0.05) is 6.07 Å². The molecule has 1 heterocycles. The average Bonchev–Trinajstić information content (AvgIpc) is 2.16. The first-order valence-corrected chi connectivity index (χ1v) is 4.47. The third-order valence-corrected chi connectivity index (χ3v) is 2.47. The van der Waals surface area contributed by atoms with E-state index in [9.17, 15) is 9.18 Å². The summed E-state index contributed by atoms with van der Waals surface area (Å²) in [5.74, 6) is -0.608. The van der Waals surface area contributed by atoms with Crippen molar-refractivity contribution in [1.82, 2.24) is 5.32 Å². The molecule has 0 unspecified atom stereocenters. The standard InChI is InChI=1S/C10H11FN2O/c11-8-2-1-6-4-9(10(12)14)13-5-7(6)3-8/h1-3,9,13H,4-5H2,(H2,12,14)/t9-/m1/s1. The highest BCUT2D eigenvalue weighted by molar-refractivity contribution is 5.80. The Hall–Kier alpha value is -1.42. The normalized spacial score (nSPS) is 20.2. The van der Waals surface area contributed by atoms with Crippen LogP contribution in [0.2, 0.25) is 0 Å². The van der Waals surface area contributed by atoms with Crippen molar-refractivity contribution in [2.24, 2.45) is 5.73 Å². The topological polar surface area (TPSA) is 55.1 Å². The van der Waals surface area contributed by atoms with Crippen molar-refractivity contribution in [3.05, 3.63) is 35.1 Å². The fourth-order valence-corrected chi connectivity index (χ4v) is 1.68. The number of primary amides is 1. The number of nitrogens with one attached hydrogen (secondary N) is 1. The predicted octanol–water partition coefficient (Wildman–Crippen LogP) is 0.325. The van der Waals surface area contributed by atoms with Crippen LogP contribution >= 0.6 is 0 Å². The highest BCUT2D eigenvalue weighted by Gasteiger charge is 2.21. The van der Waals surface area contributed by atoms with E-state index in [1.54, 1.807) is 6.07 Å². The summed E-state index contributed by atoms with van der Waals surface area (Å²) in [6, 6.07) is 4.27. The molecule has 1 aliphatic heterocycles. The molecule has 0 aliphatic carbocycles. The Labute approximate surface area is 81.1 Å². The third-order valence-electron chi connectivity index (χ3n) is 2.47. The lowest BCUT2D eigenvalue weighted by atomic mass is 9.95. The second kappa shape index (κ2) is 3.38. The second-order valence-corrected chi connectivity index (χ2v) is 3.45. The summed E-state index contributed by atoms with van der Waals surface area (Å²) >= 11 is 0. The molecular formula is C10H11FN2O. The minimum Gasteiger partial charge on any atom is -0.368 e. The Kier molecular flexibility index (Phi) is 2.21. The van der Waals surface area contributed by atoms with E-state index < -0.39 is 0 Å². The maximum atomic E-state index is 12.8. The molecular weight excluding hydrogens is 183 g/mol. The molecule has 1 amide bonds. The van der Waals surface area contributed by atoms with Gasteiger partial charge in [-0.15, -0.1) is 0 Å². The molecule has 0 bridgehead atoms. The van der Waals surface area contributed by atoms with Crippen LogP contribution < -0.4 is 11.1 Å². The molecule has 14 heavy (non-hydrogen) atoms. The Morgan fingerprint density at radius 3 is 3.00 bits per heavy atom. The van der Waals surface area contributed by atoms with Gasteiger partial charge in [-0.2, -0.15) is 0 Å². The van der Waals surface area contributed by atoms with Crippen molar-refractivity contribution < 1.29 is 9.18 Å². The summed E-state index contributed by atoms with van der Waals surface area (Å²) in [5, 5.41) is 2.96. The molecule has 1 aromatic carbocycles. The van der Waals surface area contributed by atoms with Crippen LogP contribution in [0.1, 0.15) is 11.1 Å². The number of carbonyl (C=O) groups excluding carboxylic acids is 1. The highest BCUT2D eigenvalue weighted by atomic mass is 19.1. The number of nitrogens with two attached hydrogens (primary N) is 1. The lowest BCUT2D eigenvalue weighted by Crippen LogP contribution is -2.45. The fraction of sp³-hybridized carbons (Fsp3) is 0.300. The van der Waals surface area contributed by atoms with Gasteiger partial charge in [0.1, 0.15) is 5.82 Å². The average molecular weight is 194 g/mol. The van der Waals surface area contributed by atoms with Crippen LogP contribution in [0.4, 0.5) is 4.39 Å². The zero-order valence-corrected chi connectivity index (χ0v) is 7.59. The first-order valence-electron chi connectivity index (χ1n) is 4.47. The quantitative estimate of drug-likeness (QED) is 0.676. The summed E-state index contributed by atoms with van der Waals surface area (Å²) in [5.41, 5.74) is 7.08. The maximum Gasteiger partial charge on any atom is 0.234 e. The lowest BCUT2D eigenvalue weighted by Gasteiger charge is -2.23. The molecule has 0 radical (unpaired) electrons. The van der Waals surface area contributed by atoms with Gasteiger partial charge in [0.2, 0.25) is 5.91 Å². The first kappa shape index (κ1) is 9.15. The summed E-state index contributed by atoms with van der Waals surface area (Å²) < 4.78 is 12.8. The molecule has 3 N–H and O–H groups in total. The van der Waals surface area contributed by atoms with Crippen LogP contribution in [0.15, 0.2) is 18.2 Å². The van der Waals surface area contributed by atoms with E-state index in [0.717, 1.165) is 11.1 Å². The molecule has 0 spiro atoms. The van der Waals surface area contributed by atoms with Crippen molar-refractivity contribution in [1.29, 1.82) is 0 Å². The number of carbonyl (C=O) groups is 1. The van der Waals surface area contributed by atoms with Gasteiger partial charge >= 0.3 is 0 Å². The van der Waals surface area contributed by atoms with Crippen molar-refractivity contribution in [2.45, 2.75) is 19.0 Å². The maximum absolute atomic E-state index is 12.8. The zero-order valence-electron chi connectivity index (χ0n) is 7.59. The van der Waals surface area contributed by atoms with Gasteiger partial charge in [-0.25, -0.2) is 4.39 Å². The zero-order chi connectivity index (χ0) is 10.1. The van der Waals surface area contributed by atoms with Gasteiger partial charge in [0.05, 0.1) is 6.04 Å². The van der Waals surface area contributed by atoms with Crippen molar-refractivity contribution >= 4 is 5.91 Å². The molecule has 0 aromatic heterocycles. The van der Waals surface area contributed by atoms with E-state index >= 15 is 0 Å². The number of hydrogen-bond donors (Lipinski definition) is 2. The van der Waals surface area contributed by atoms with E-state index in [0.29, 0.717) is 13.0 Å². The van der Waals surface area contributed by atoms with Crippen LogP contribution in [-0.2, 0) is 17.8 Å². The summed E-state index contributed by atoms with van der Waals surface area (Å²) in [6.07, 6.45) is 0.547. The molecule has 74 valence electrons. The van der Waals surface area contributed by atoms with Gasteiger partial charge in [0.25, 0.3) is 0 Å². The Morgan fingerprint density at radius 2 is 2.29 bits per heavy atom. The molecule has 3 nitrogen and oxygen atoms in total. The smallest absolute Gasteiger partial charge is 0.234 e. The van der Waals surface area contributed by atoms with Crippen molar-refractivity contribution in [3.8, 4) is 0 Å². The van der Waals surface area contributed by atoms with Crippen LogP contribution in [0.25, 0.3) is 0 Å². The van der Waals surface area contributed by atoms with E-state index in [2.05, 4.69) is 5.32 Å². The number of fused-ring (bicyclic) bond motifs is 1. The Morgan fingerprint density at radius 1 is 1.50 bits per heavy atom. The first-order chi connectivity index (χ1) is 6.66. The number of halogens is 1. The van der Waals surface area contributed by atoms with Crippen molar-refractivity contribution in [3.63, 3.8) is 0 Å². The van der Waals surface area contributed by atoms with E-state index in [-0.39, 0.29) is 17.8 Å². The molecule has 0 saturated carbocycles. The second-order valence-electron chi connectivity index (χ2n) is 3.45. The fourth-order valence-electron chi connectivity index (χ4n) is 1.68. The van der Waals surface area contributed by atoms with Gasteiger partial charge in [0.15, 0.2) is 0 Å². The third kappa shape index (κ3) is 1.61. The van der Waals surface area contributed by atoms with Gasteiger partial charge in [0, 0.05) is 6.54 Å². The highest BCUT2D eigenvalue weighted by Crippen LogP contribution is 2.17. The predicted molar refractivity (Wildman–Crippen MR) is 49.9 cm³/mol. The largest absolute Gasteiger partial charge is 0.368 e. The van der Waals surface area contributed by atoms with Crippen LogP contribution in [-0.4, -0.2) is 11.9 Å². The summed E-state index contributed by atoms with van der Waals surface area (Å²) in [4.78, 5) is 10.9. The van der Waals surface area contributed by atoms with Crippen LogP contribution in [0.3, 0.4) is 0 Å². The van der Waals surface area contributed by atoms with Crippen LogP contribution in [0, 0.1) is 5.82 Å². The minimum absolute atomic E-state index is 0.247. The minimum atomic E-state index is -0.361. The monoisotopic (exact) mass is 194 g/mol. The van der Waals surface area contributed by atoms with E-state index in [1.165, 1.54) is 12.1 Å². The molecule has 0 fully saturated rings. The molecule has 1 atom stereocenters. The number of amides is 1. The number of benzene rings is 1. The molecule has 0 saturated heterocycles. The molecule has 1 aliphatic rings. The molecule has 2 rings (SSSR count). The van der Waals surface area contributed by atoms with Crippen molar-refractivity contribution in [2.75, 3.05) is 0 Å². The number of hydrogen-bond acceptors (Lipinski definition) is 2. The number of rotatable bonds is 1. The summed E-state index contributed by atoms with van der Waals surface area (Å²) in [7, 11) is 0. The lowest BCUT2D eigenvalue weighted by molar-refractivity contribution is -0.120. The molecule has 1 aromatic rings. The SMILES string of the molecule is NC(=O)[C@H]1Cc2ccc(F)cc2CN1. The van der Waals surface area contributed by atoms with Gasteiger partial charge < -0.3 is 11.1 Å². The van der Waals surface area contributed by atoms with Gasteiger partial charge in [-0.05, 0) is 29.7 Å². The van der Waals surface area contributed by atoms with E-state index in [1.807, 2.05) is 0 Å².